The van der Waals surface area contributed by atoms with Crippen LogP contribution in [0, 0.1) is 0 Å². The fraction of sp³-hybridized carbons (Fsp3) is 0.412. The topological polar surface area (TPSA) is 12.0 Å². The van der Waals surface area contributed by atoms with Crippen LogP contribution in [0.15, 0.2) is 42.5 Å². The molecule has 2 aromatic carbocycles. The van der Waals surface area contributed by atoms with Crippen LogP contribution in [0.5, 0.6) is 0 Å². The first-order valence-electron chi connectivity index (χ1n) is 6.98. The predicted molar refractivity (Wildman–Crippen MR) is 84.1 cm³/mol. The van der Waals surface area contributed by atoms with Crippen molar-refractivity contribution in [2.75, 3.05) is 7.05 Å². The first-order valence-corrected chi connectivity index (χ1v) is 6.98. The lowest BCUT2D eigenvalue weighted by Gasteiger charge is -2.13. The van der Waals surface area contributed by atoms with Crippen LogP contribution in [0.2, 0.25) is 0 Å². The summed E-state index contributed by atoms with van der Waals surface area (Å²) in [6.07, 6.45) is 0. The molecule has 0 radical (unpaired) electrons. The molecule has 1 unspecified atom stereocenters. The van der Waals surface area contributed by atoms with Crippen LogP contribution >= 0.6 is 0 Å². The Morgan fingerprint density at radius 1 is 0.833 bits per heavy atom. The number of benzene rings is 2. The van der Waals surface area contributed by atoms with E-state index in [9.17, 15) is 0 Å². The molecule has 0 saturated carbocycles. The van der Waals surface area contributed by atoms with Crippen LogP contribution in [0.3, 0.4) is 0 Å². The van der Waals surface area contributed by atoms with Gasteiger partial charge in [0.2, 0.25) is 0 Å². The van der Waals surface area contributed by atoms with E-state index in [1.54, 1.807) is 0 Å². The van der Waals surface area contributed by atoms with Gasteiger partial charge >= 0.3 is 0 Å². The molecular formula is C17H27N. The van der Waals surface area contributed by atoms with E-state index in [2.05, 4.69) is 54.7 Å². The van der Waals surface area contributed by atoms with Gasteiger partial charge in [-0.3, -0.25) is 0 Å². The summed E-state index contributed by atoms with van der Waals surface area (Å²) in [5, 5.41) is 5.93. The van der Waals surface area contributed by atoms with Crippen LogP contribution in [-0.2, 0) is 0 Å². The van der Waals surface area contributed by atoms with Crippen LogP contribution in [0.4, 0.5) is 0 Å². The fourth-order valence-electron chi connectivity index (χ4n) is 1.78. The zero-order valence-electron chi connectivity index (χ0n) is 12.6. The van der Waals surface area contributed by atoms with Crippen LogP contribution in [-0.4, -0.2) is 7.05 Å². The Bertz CT molecular complexity index is 429. The predicted octanol–water partition coefficient (Wildman–Crippen LogP) is 5.17. The molecule has 1 atom stereocenters. The molecule has 0 bridgehead atoms. The summed E-state index contributed by atoms with van der Waals surface area (Å²) in [4.78, 5) is 0. The third-order valence-corrected chi connectivity index (χ3v) is 2.72. The largest absolute Gasteiger partial charge is 0.313 e. The van der Waals surface area contributed by atoms with E-state index < -0.39 is 0 Å². The zero-order valence-corrected chi connectivity index (χ0v) is 12.6. The zero-order chi connectivity index (χ0) is 14.0. The van der Waals surface area contributed by atoms with Gasteiger partial charge in [-0.15, -0.1) is 0 Å². The first-order chi connectivity index (χ1) is 8.83. The first kappa shape index (κ1) is 16.7. The highest BCUT2D eigenvalue weighted by molar-refractivity contribution is 5.86. The maximum absolute atomic E-state index is 3.27. The van der Waals surface area contributed by atoms with Gasteiger partial charge in [-0.25, -0.2) is 0 Å². The molecule has 0 aromatic heterocycles. The molecule has 0 heterocycles. The lowest BCUT2D eigenvalue weighted by Crippen LogP contribution is -2.12. The van der Waals surface area contributed by atoms with Crippen LogP contribution in [0.25, 0.3) is 10.8 Å². The van der Waals surface area contributed by atoms with Gasteiger partial charge in [-0.05, 0) is 30.3 Å². The number of hydrogen-bond acceptors (Lipinski definition) is 1. The van der Waals surface area contributed by atoms with Gasteiger partial charge in [0.1, 0.15) is 0 Å². The average Bonchev–Trinajstić information content (AvgIpc) is 2.50. The van der Waals surface area contributed by atoms with Gasteiger partial charge in [-0.2, -0.15) is 0 Å². The van der Waals surface area contributed by atoms with Gasteiger partial charge in [0.15, 0.2) is 0 Å². The summed E-state index contributed by atoms with van der Waals surface area (Å²) in [5.41, 5.74) is 1.37. The molecule has 0 spiro atoms. The molecule has 2 rings (SSSR count). The van der Waals surface area contributed by atoms with Crippen molar-refractivity contribution >= 4 is 10.8 Å². The second kappa shape index (κ2) is 9.67. The summed E-state index contributed by atoms with van der Waals surface area (Å²) < 4.78 is 0. The van der Waals surface area contributed by atoms with Gasteiger partial charge in [0.05, 0.1) is 0 Å². The molecule has 18 heavy (non-hydrogen) atoms. The maximum Gasteiger partial charge on any atom is 0.0295 e. The molecule has 100 valence electrons. The quantitative estimate of drug-likeness (QED) is 0.769. The van der Waals surface area contributed by atoms with Crippen LogP contribution in [0.1, 0.15) is 46.2 Å². The van der Waals surface area contributed by atoms with Crippen LogP contribution < -0.4 is 5.32 Å². The molecule has 1 heteroatoms. The number of rotatable bonds is 2. The lowest BCUT2D eigenvalue weighted by atomic mass is 10.00. The highest BCUT2D eigenvalue weighted by Gasteiger charge is 2.05. The fourth-order valence-corrected chi connectivity index (χ4v) is 1.78. The lowest BCUT2D eigenvalue weighted by molar-refractivity contribution is 0.657. The van der Waals surface area contributed by atoms with E-state index in [0.717, 1.165) is 0 Å². The maximum atomic E-state index is 3.27. The molecule has 0 fully saturated rings. The summed E-state index contributed by atoms with van der Waals surface area (Å²) in [5.74, 6) is 0. The number of hydrogen-bond donors (Lipinski definition) is 1. The molecule has 0 saturated heterocycles. The van der Waals surface area contributed by atoms with E-state index in [0.29, 0.717) is 6.04 Å². The van der Waals surface area contributed by atoms with Crippen molar-refractivity contribution in [3.63, 3.8) is 0 Å². The molecule has 2 aromatic rings. The van der Waals surface area contributed by atoms with Crippen molar-refractivity contribution in [1.82, 2.24) is 5.32 Å². The second-order valence-corrected chi connectivity index (χ2v) is 3.58. The third kappa shape index (κ3) is 4.15. The highest BCUT2D eigenvalue weighted by Crippen LogP contribution is 2.23. The van der Waals surface area contributed by atoms with Gasteiger partial charge in [0, 0.05) is 6.04 Å². The Balaban J connectivity index is 0.000000659. The summed E-state index contributed by atoms with van der Waals surface area (Å²) in [6.45, 7) is 10.2. The van der Waals surface area contributed by atoms with Crippen molar-refractivity contribution in [3.8, 4) is 0 Å². The molecule has 0 aliphatic carbocycles. The van der Waals surface area contributed by atoms with Crippen molar-refractivity contribution in [1.29, 1.82) is 0 Å². The number of nitrogens with one attached hydrogen (secondary N) is 1. The molecule has 1 nitrogen and oxygen atoms in total. The Labute approximate surface area is 112 Å². The van der Waals surface area contributed by atoms with Gasteiger partial charge in [-0.1, -0.05) is 70.2 Å². The highest BCUT2D eigenvalue weighted by atomic mass is 14.9. The molecule has 1 N–H and O–H groups in total. The summed E-state index contributed by atoms with van der Waals surface area (Å²) in [6, 6.07) is 15.4. The van der Waals surface area contributed by atoms with E-state index in [1.807, 2.05) is 34.7 Å². The van der Waals surface area contributed by atoms with Crippen molar-refractivity contribution in [2.24, 2.45) is 0 Å². The molecule has 0 aliphatic heterocycles. The monoisotopic (exact) mass is 245 g/mol. The minimum absolute atomic E-state index is 0.404. The van der Waals surface area contributed by atoms with Crippen molar-refractivity contribution < 1.29 is 0 Å². The minimum Gasteiger partial charge on any atom is -0.313 e. The Morgan fingerprint density at radius 3 is 2.00 bits per heavy atom. The van der Waals surface area contributed by atoms with Crippen molar-refractivity contribution in [3.05, 3.63) is 48.0 Å². The average molecular weight is 245 g/mol. The Morgan fingerprint density at radius 2 is 1.39 bits per heavy atom. The third-order valence-electron chi connectivity index (χ3n) is 2.72. The normalized spacial score (nSPS) is 10.8. The van der Waals surface area contributed by atoms with Crippen molar-refractivity contribution in [2.45, 2.75) is 40.7 Å². The SMILES string of the molecule is CC.CC.CNC(C)c1cccc2ccccc12. The Kier molecular flexibility index (Phi) is 8.95. The van der Waals surface area contributed by atoms with E-state index in [1.165, 1.54) is 16.3 Å². The smallest absolute Gasteiger partial charge is 0.0295 e. The number of fused-ring (bicyclic) bond motifs is 1. The Hall–Kier alpha value is -1.34. The van der Waals surface area contributed by atoms with E-state index in [-0.39, 0.29) is 0 Å². The summed E-state index contributed by atoms with van der Waals surface area (Å²) >= 11 is 0. The minimum atomic E-state index is 0.404. The van der Waals surface area contributed by atoms with Gasteiger partial charge in [0.25, 0.3) is 0 Å². The van der Waals surface area contributed by atoms with E-state index in [4.69, 9.17) is 0 Å². The molecular weight excluding hydrogens is 218 g/mol. The molecule has 0 amide bonds. The standard InChI is InChI=1S/C13H15N.2C2H6/c1-10(14-2)12-9-5-7-11-6-3-4-8-13(11)12;2*1-2/h3-10,14H,1-2H3;2*1-2H3. The van der Waals surface area contributed by atoms with Gasteiger partial charge < -0.3 is 5.32 Å². The second-order valence-electron chi connectivity index (χ2n) is 3.58. The van der Waals surface area contributed by atoms with E-state index >= 15 is 0 Å². The summed E-state index contributed by atoms with van der Waals surface area (Å²) in [7, 11) is 1.99. The molecule has 0 aliphatic rings.